The Bertz CT molecular complexity index is 391. The first-order chi connectivity index (χ1) is 8.28. The molecular weight excluding hydrogens is 228 g/mol. The highest BCUT2D eigenvalue weighted by atomic mass is 16.5. The molecule has 0 saturated carbocycles. The highest BCUT2D eigenvalue weighted by molar-refractivity contribution is 5.67. The summed E-state index contributed by atoms with van der Waals surface area (Å²) < 4.78 is 5.57. The minimum absolute atomic E-state index is 0.166. The summed E-state index contributed by atoms with van der Waals surface area (Å²) >= 11 is 0. The van der Waals surface area contributed by atoms with Crippen LogP contribution in [0, 0.1) is 5.41 Å². The first kappa shape index (κ1) is 14.6. The maximum atomic E-state index is 10.8. The number of carboxylic acid groups (broad SMARTS) is 1. The van der Waals surface area contributed by atoms with Gasteiger partial charge >= 0.3 is 5.97 Å². The van der Waals surface area contributed by atoms with Gasteiger partial charge in [0.25, 0.3) is 0 Å². The molecule has 0 aliphatic carbocycles. The molecule has 1 aromatic carbocycles. The summed E-state index contributed by atoms with van der Waals surface area (Å²) in [5.74, 6) is 0.101. The Kier molecular flexibility index (Phi) is 4.76. The lowest BCUT2D eigenvalue weighted by Gasteiger charge is -2.22. The zero-order valence-electron chi connectivity index (χ0n) is 11.6. The van der Waals surface area contributed by atoms with Crippen LogP contribution in [0.25, 0.3) is 0 Å². The number of rotatable bonds is 6. The Balaban J connectivity index is 2.65. The van der Waals surface area contributed by atoms with Crippen LogP contribution in [0.5, 0.6) is 5.75 Å². The van der Waals surface area contributed by atoms with E-state index < -0.39 is 5.97 Å². The third-order valence-electron chi connectivity index (χ3n) is 2.61. The molecule has 0 unspecified atom stereocenters. The lowest BCUT2D eigenvalue weighted by molar-refractivity contribution is -0.139. The van der Waals surface area contributed by atoms with Gasteiger partial charge < -0.3 is 9.84 Å². The summed E-state index contributed by atoms with van der Waals surface area (Å²) in [4.78, 5) is 10.8. The second kappa shape index (κ2) is 5.89. The van der Waals surface area contributed by atoms with Crippen molar-refractivity contribution in [2.75, 3.05) is 0 Å². The largest absolute Gasteiger partial charge is 0.491 e. The summed E-state index contributed by atoms with van der Waals surface area (Å²) in [6, 6.07) is 7.88. The molecule has 0 amide bonds. The predicted octanol–water partition coefficient (Wildman–Crippen LogP) is 3.52. The molecule has 1 rings (SSSR count). The minimum Gasteiger partial charge on any atom is -0.491 e. The molecule has 0 aromatic heterocycles. The van der Waals surface area contributed by atoms with E-state index in [1.807, 2.05) is 52.0 Å². The maximum absolute atomic E-state index is 10.8. The van der Waals surface area contributed by atoms with E-state index in [0.29, 0.717) is 0 Å². The maximum Gasteiger partial charge on any atom is 0.303 e. The van der Waals surface area contributed by atoms with Crippen molar-refractivity contribution in [1.82, 2.24) is 0 Å². The second-order valence-electron chi connectivity index (χ2n) is 5.72. The summed E-state index contributed by atoms with van der Waals surface area (Å²) in [6.45, 7) is 7.92. The lowest BCUT2D eigenvalue weighted by Crippen LogP contribution is -2.19. The number of ether oxygens (including phenoxy) is 1. The van der Waals surface area contributed by atoms with Crippen molar-refractivity contribution in [3.63, 3.8) is 0 Å². The van der Waals surface area contributed by atoms with E-state index in [1.165, 1.54) is 0 Å². The number of benzene rings is 1. The first-order valence-electron chi connectivity index (χ1n) is 6.26. The Hall–Kier alpha value is -1.51. The molecule has 0 fully saturated rings. The van der Waals surface area contributed by atoms with E-state index in [-0.39, 0.29) is 17.9 Å². The molecule has 0 atom stereocenters. The predicted molar refractivity (Wildman–Crippen MR) is 71.9 cm³/mol. The van der Waals surface area contributed by atoms with Gasteiger partial charge in [-0.3, -0.25) is 4.79 Å². The molecule has 0 saturated heterocycles. The average molecular weight is 250 g/mol. The number of aliphatic carboxylic acids is 1. The summed E-state index contributed by atoms with van der Waals surface area (Å²) in [5.41, 5.74) is 0.907. The smallest absolute Gasteiger partial charge is 0.303 e. The van der Waals surface area contributed by atoms with Crippen molar-refractivity contribution in [3.8, 4) is 5.75 Å². The van der Waals surface area contributed by atoms with Crippen LogP contribution < -0.4 is 4.74 Å². The minimum atomic E-state index is -0.750. The van der Waals surface area contributed by atoms with Crippen LogP contribution in [-0.4, -0.2) is 17.2 Å². The Morgan fingerprint density at radius 3 is 2.28 bits per heavy atom. The quantitative estimate of drug-likeness (QED) is 0.840. The van der Waals surface area contributed by atoms with Crippen molar-refractivity contribution in [2.45, 2.75) is 46.6 Å². The molecule has 100 valence electrons. The van der Waals surface area contributed by atoms with E-state index in [9.17, 15) is 4.79 Å². The highest BCUT2D eigenvalue weighted by Gasteiger charge is 2.22. The zero-order valence-corrected chi connectivity index (χ0v) is 11.6. The molecule has 0 bridgehead atoms. The fraction of sp³-hybridized carbons (Fsp3) is 0.533. The van der Waals surface area contributed by atoms with E-state index in [2.05, 4.69) is 0 Å². The Labute approximate surface area is 109 Å². The van der Waals surface area contributed by atoms with Crippen LogP contribution in [0.15, 0.2) is 24.3 Å². The molecule has 1 N–H and O–H groups in total. The highest BCUT2D eigenvalue weighted by Crippen LogP contribution is 2.26. The number of carboxylic acids is 1. The van der Waals surface area contributed by atoms with Gasteiger partial charge in [-0.15, -0.1) is 0 Å². The van der Waals surface area contributed by atoms with E-state index >= 15 is 0 Å². The lowest BCUT2D eigenvalue weighted by atomic mass is 9.83. The van der Waals surface area contributed by atoms with Gasteiger partial charge in [0.15, 0.2) is 0 Å². The van der Waals surface area contributed by atoms with E-state index in [4.69, 9.17) is 9.84 Å². The number of hydrogen-bond donors (Lipinski definition) is 1. The van der Waals surface area contributed by atoms with E-state index in [0.717, 1.165) is 17.7 Å². The Morgan fingerprint density at radius 1 is 1.28 bits per heavy atom. The molecule has 0 radical (unpaired) electrons. The molecule has 0 spiro atoms. The standard InChI is InChI=1S/C15H22O3/c1-11(2)18-13-7-5-12(6-8-13)9-15(3,4)10-14(16)17/h5-8,11H,9-10H2,1-4H3,(H,16,17). The molecule has 3 heteroatoms. The fourth-order valence-corrected chi connectivity index (χ4v) is 1.98. The SMILES string of the molecule is CC(C)Oc1ccc(CC(C)(C)CC(=O)O)cc1. The van der Waals surface area contributed by atoms with Crippen molar-refractivity contribution in [2.24, 2.45) is 5.41 Å². The zero-order chi connectivity index (χ0) is 13.8. The second-order valence-corrected chi connectivity index (χ2v) is 5.72. The fourth-order valence-electron chi connectivity index (χ4n) is 1.98. The van der Waals surface area contributed by atoms with Crippen LogP contribution in [0.4, 0.5) is 0 Å². The third kappa shape index (κ3) is 5.21. The molecule has 0 aliphatic heterocycles. The first-order valence-corrected chi connectivity index (χ1v) is 6.26. The van der Waals surface area contributed by atoms with Crippen molar-refractivity contribution < 1.29 is 14.6 Å². The van der Waals surface area contributed by atoms with Gasteiger partial charge in [-0.25, -0.2) is 0 Å². The molecule has 0 heterocycles. The average Bonchev–Trinajstić information content (AvgIpc) is 2.17. The number of hydrogen-bond acceptors (Lipinski definition) is 2. The van der Waals surface area contributed by atoms with Gasteiger partial charge in [-0.1, -0.05) is 26.0 Å². The topological polar surface area (TPSA) is 46.5 Å². The van der Waals surface area contributed by atoms with Crippen molar-refractivity contribution >= 4 is 5.97 Å². The van der Waals surface area contributed by atoms with Crippen LogP contribution >= 0.6 is 0 Å². The number of carbonyl (C=O) groups is 1. The van der Waals surface area contributed by atoms with Crippen molar-refractivity contribution in [1.29, 1.82) is 0 Å². The molecule has 0 aliphatic rings. The molecular formula is C15H22O3. The summed E-state index contributed by atoms with van der Waals surface area (Å²) in [7, 11) is 0. The Morgan fingerprint density at radius 2 is 1.83 bits per heavy atom. The third-order valence-corrected chi connectivity index (χ3v) is 2.61. The van der Waals surface area contributed by atoms with Crippen LogP contribution in [0.1, 0.15) is 39.7 Å². The summed E-state index contributed by atoms with van der Waals surface area (Å²) in [5, 5.41) is 8.85. The normalized spacial score (nSPS) is 11.6. The van der Waals surface area contributed by atoms with Gasteiger partial charge in [0.2, 0.25) is 0 Å². The van der Waals surface area contributed by atoms with Crippen molar-refractivity contribution in [3.05, 3.63) is 29.8 Å². The van der Waals surface area contributed by atoms with Gasteiger partial charge in [-0.2, -0.15) is 0 Å². The van der Waals surface area contributed by atoms with E-state index in [1.54, 1.807) is 0 Å². The monoisotopic (exact) mass is 250 g/mol. The molecule has 1 aromatic rings. The van der Waals surface area contributed by atoms with Crippen LogP contribution in [-0.2, 0) is 11.2 Å². The van der Waals surface area contributed by atoms with Gasteiger partial charge in [-0.05, 0) is 43.4 Å². The molecule has 3 nitrogen and oxygen atoms in total. The van der Waals surface area contributed by atoms with Crippen LogP contribution in [0.3, 0.4) is 0 Å². The van der Waals surface area contributed by atoms with Crippen LogP contribution in [0.2, 0.25) is 0 Å². The van der Waals surface area contributed by atoms with Gasteiger partial charge in [0, 0.05) is 0 Å². The van der Waals surface area contributed by atoms with Gasteiger partial charge in [0.05, 0.1) is 12.5 Å². The summed E-state index contributed by atoms with van der Waals surface area (Å²) in [6.07, 6.45) is 1.10. The molecule has 18 heavy (non-hydrogen) atoms. The van der Waals surface area contributed by atoms with Gasteiger partial charge in [0.1, 0.15) is 5.75 Å².